The van der Waals surface area contributed by atoms with Gasteiger partial charge in [0.25, 0.3) is 5.91 Å². The number of hydrogen-bond acceptors (Lipinski definition) is 2. The van der Waals surface area contributed by atoms with Gasteiger partial charge in [0.2, 0.25) is 0 Å². The lowest BCUT2D eigenvalue weighted by molar-refractivity contribution is -0.142. The van der Waals surface area contributed by atoms with Crippen LogP contribution in [-0.4, -0.2) is 40.9 Å². The minimum atomic E-state index is -0.969. The summed E-state index contributed by atoms with van der Waals surface area (Å²) in [6, 6.07) is 0.104. The summed E-state index contributed by atoms with van der Waals surface area (Å²) in [5, 5.41) is 0. The van der Waals surface area contributed by atoms with E-state index in [0.717, 1.165) is 0 Å². The number of amides is 1. The first kappa shape index (κ1) is 11.1. The molecule has 1 rings (SSSR count). The maximum absolute atomic E-state index is 11.5. The lowest BCUT2D eigenvalue weighted by atomic mass is 10.2. The average Bonchev–Trinajstić information content (AvgIpc) is 2.03. The number of hydrogen-bond donors (Lipinski definition) is 0. The van der Waals surface area contributed by atoms with Crippen LogP contribution >= 0.6 is 23.2 Å². The number of carbonyl (C=O) groups is 1. The summed E-state index contributed by atoms with van der Waals surface area (Å²) >= 11 is 11.1. The molecule has 1 amide bonds. The second kappa shape index (κ2) is 4.49. The molecule has 0 aromatic rings. The van der Waals surface area contributed by atoms with Crippen molar-refractivity contribution in [1.29, 1.82) is 0 Å². The van der Waals surface area contributed by atoms with E-state index in [1.165, 1.54) is 0 Å². The molecule has 1 heterocycles. The quantitative estimate of drug-likeness (QED) is 0.633. The molecule has 0 spiro atoms. The predicted molar refractivity (Wildman–Crippen MR) is 52.1 cm³/mol. The van der Waals surface area contributed by atoms with Crippen LogP contribution in [-0.2, 0) is 9.53 Å². The number of rotatable bonds is 1. The largest absolute Gasteiger partial charge is 0.377 e. The fourth-order valence-corrected chi connectivity index (χ4v) is 1.78. The van der Waals surface area contributed by atoms with E-state index in [-0.39, 0.29) is 18.0 Å². The topological polar surface area (TPSA) is 29.5 Å². The van der Waals surface area contributed by atoms with E-state index in [1.54, 1.807) is 4.90 Å². The minimum absolute atomic E-state index is 0.0521. The fraction of sp³-hybridized carbons (Fsp3) is 0.875. The van der Waals surface area contributed by atoms with Gasteiger partial charge in [0.1, 0.15) is 0 Å². The maximum atomic E-state index is 11.5. The molecule has 3 nitrogen and oxygen atoms in total. The van der Waals surface area contributed by atoms with Crippen molar-refractivity contribution in [3.8, 4) is 0 Å². The van der Waals surface area contributed by atoms with Crippen LogP contribution in [0.15, 0.2) is 0 Å². The molecule has 0 N–H and O–H groups in total. The number of halogens is 2. The smallest absolute Gasteiger partial charge is 0.256 e. The number of carbonyl (C=O) groups excluding carboxylic acids is 1. The van der Waals surface area contributed by atoms with Gasteiger partial charge in [-0.15, -0.1) is 0 Å². The molecular weight excluding hydrogens is 213 g/mol. The Morgan fingerprint density at radius 3 is 2.23 bits per heavy atom. The van der Waals surface area contributed by atoms with Crippen LogP contribution in [0.4, 0.5) is 0 Å². The first-order valence-corrected chi connectivity index (χ1v) is 5.09. The van der Waals surface area contributed by atoms with Crippen molar-refractivity contribution in [3.63, 3.8) is 0 Å². The maximum Gasteiger partial charge on any atom is 0.256 e. The molecule has 1 aliphatic heterocycles. The Kier molecular flexibility index (Phi) is 3.83. The van der Waals surface area contributed by atoms with Gasteiger partial charge in [0, 0.05) is 0 Å². The standard InChI is InChI=1S/C8H13Cl2NO2/c1-5-3-13-4-6(2)11(5)8(12)7(9)10/h5-7H,3-4H2,1-2H3. The molecule has 0 aromatic heterocycles. The van der Waals surface area contributed by atoms with E-state index in [1.807, 2.05) is 13.8 Å². The van der Waals surface area contributed by atoms with E-state index in [9.17, 15) is 4.79 Å². The zero-order valence-electron chi connectivity index (χ0n) is 7.67. The molecular formula is C8H13Cl2NO2. The summed E-state index contributed by atoms with van der Waals surface area (Å²) in [4.78, 5) is 12.2. The van der Waals surface area contributed by atoms with Crippen LogP contribution in [0.1, 0.15) is 13.8 Å². The molecule has 76 valence electrons. The van der Waals surface area contributed by atoms with Gasteiger partial charge in [-0.1, -0.05) is 23.2 Å². The van der Waals surface area contributed by atoms with Gasteiger partial charge in [-0.25, -0.2) is 0 Å². The van der Waals surface area contributed by atoms with Crippen molar-refractivity contribution in [2.24, 2.45) is 0 Å². The third-order valence-electron chi connectivity index (χ3n) is 2.11. The summed E-state index contributed by atoms with van der Waals surface area (Å²) in [5.74, 6) is -0.230. The molecule has 0 aliphatic carbocycles. The van der Waals surface area contributed by atoms with Crippen LogP contribution in [0.3, 0.4) is 0 Å². The zero-order chi connectivity index (χ0) is 10.0. The molecule has 0 radical (unpaired) electrons. The highest BCUT2D eigenvalue weighted by molar-refractivity contribution is 6.53. The molecule has 13 heavy (non-hydrogen) atoms. The molecule has 1 saturated heterocycles. The number of ether oxygens (including phenoxy) is 1. The van der Waals surface area contributed by atoms with Gasteiger partial charge in [-0.3, -0.25) is 4.79 Å². The average molecular weight is 226 g/mol. The van der Waals surface area contributed by atoms with Gasteiger partial charge >= 0.3 is 0 Å². The Hall–Kier alpha value is 0.01000. The van der Waals surface area contributed by atoms with Crippen LogP contribution in [0.25, 0.3) is 0 Å². The van der Waals surface area contributed by atoms with Crippen LogP contribution in [0, 0.1) is 0 Å². The summed E-state index contributed by atoms with van der Waals surface area (Å²) in [5.41, 5.74) is 0. The molecule has 2 unspecified atom stereocenters. The first-order chi connectivity index (χ1) is 6.04. The summed E-state index contributed by atoms with van der Waals surface area (Å²) in [7, 11) is 0. The van der Waals surface area contributed by atoms with Gasteiger partial charge in [0.15, 0.2) is 4.84 Å². The lowest BCUT2D eigenvalue weighted by Crippen LogP contribution is -2.54. The summed E-state index contributed by atoms with van der Waals surface area (Å²) < 4.78 is 5.27. The van der Waals surface area contributed by atoms with Crippen LogP contribution in [0.5, 0.6) is 0 Å². The normalized spacial score (nSPS) is 29.5. The van der Waals surface area contributed by atoms with Crippen LogP contribution < -0.4 is 0 Å². The van der Waals surface area contributed by atoms with Gasteiger partial charge in [0.05, 0.1) is 25.3 Å². The molecule has 2 atom stereocenters. The van der Waals surface area contributed by atoms with Gasteiger partial charge in [-0.2, -0.15) is 0 Å². The Bertz CT molecular complexity index is 189. The number of alkyl halides is 2. The molecule has 1 aliphatic rings. The van der Waals surface area contributed by atoms with Crippen molar-refractivity contribution in [2.45, 2.75) is 30.8 Å². The van der Waals surface area contributed by atoms with Crippen molar-refractivity contribution in [3.05, 3.63) is 0 Å². The number of nitrogens with zero attached hydrogens (tertiary/aromatic N) is 1. The van der Waals surface area contributed by atoms with Crippen molar-refractivity contribution >= 4 is 29.1 Å². The SMILES string of the molecule is CC1COCC(C)N1C(=O)C(Cl)Cl. The summed E-state index contributed by atoms with van der Waals surface area (Å²) in [6.07, 6.45) is 0. The predicted octanol–water partition coefficient (Wildman–Crippen LogP) is 1.43. The third-order valence-corrected chi connectivity index (χ3v) is 2.48. The second-order valence-electron chi connectivity index (χ2n) is 3.28. The van der Waals surface area contributed by atoms with Gasteiger partial charge in [-0.05, 0) is 13.8 Å². The molecule has 0 bridgehead atoms. The Balaban J connectivity index is 2.68. The number of morpholine rings is 1. The van der Waals surface area contributed by atoms with E-state index in [2.05, 4.69) is 0 Å². The molecule has 0 aromatic carbocycles. The van der Waals surface area contributed by atoms with E-state index >= 15 is 0 Å². The third kappa shape index (κ3) is 2.48. The van der Waals surface area contributed by atoms with Crippen molar-refractivity contribution < 1.29 is 9.53 Å². The summed E-state index contributed by atoms with van der Waals surface area (Å²) in [6.45, 7) is 4.95. The highest BCUT2D eigenvalue weighted by atomic mass is 35.5. The van der Waals surface area contributed by atoms with Crippen LogP contribution in [0.2, 0.25) is 0 Å². The van der Waals surface area contributed by atoms with E-state index in [4.69, 9.17) is 27.9 Å². The zero-order valence-corrected chi connectivity index (χ0v) is 9.18. The van der Waals surface area contributed by atoms with Crippen molar-refractivity contribution in [2.75, 3.05) is 13.2 Å². The van der Waals surface area contributed by atoms with Crippen molar-refractivity contribution in [1.82, 2.24) is 4.90 Å². The first-order valence-electron chi connectivity index (χ1n) is 4.22. The fourth-order valence-electron chi connectivity index (χ4n) is 1.55. The van der Waals surface area contributed by atoms with Gasteiger partial charge < -0.3 is 9.64 Å². The Morgan fingerprint density at radius 1 is 1.38 bits per heavy atom. The molecule has 1 fully saturated rings. The minimum Gasteiger partial charge on any atom is -0.377 e. The van der Waals surface area contributed by atoms with E-state index < -0.39 is 4.84 Å². The Morgan fingerprint density at radius 2 is 1.85 bits per heavy atom. The lowest BCUT2D eigenvalue weighted by Gasteiger charge is -2.39. The molecule has 0 saturated carbocycles. The monoisotopic (exact) mass is 225 g/mol. The second-order valence-corrected chi connectivity index (χ2v) is 4.38. The molecule has 5 heteroatoms. The highest BCUT2D eigenvalue weighted by Crippen LogP contribution is 2.17. The van der Waals surface area contributed by atoms with E-state index in [0.29, 0.717) is 13.2 Å². The highest BCUT2D eigenvalue weighted by Gasteiger charge is 2.32. The Labute approximate surface area is 87.9 Å².